The fourth-order valence-electron chi connectivity index (χ4n) is 3.04. The molecule has 0 unspecified atom stereocenters. The van der Waals surface area contributed by atoms with E-state index in [-0.39, 0.29) is 5.56 Å². The summed E-state index contributed by atoms with van der Waals surface area (Å²) in [6, 6.07) is 8.37. The van der Waals surface area contributed by atoms with Gasteiger partial charge in [0.15, 0.2) is 0 Å². The highest BCUT2D eigenvalue weighted by atomic mass is 35.5. The van der Waals surface area contributed by atoms with E-state index in [0.717, 1.165) is 29.8 Å². The highest BCUT2D eigenvalue weighted by Crippen LogP contribution is 2.30. The number of imidazole rings is 1. The molecule has 3 aromatic rings. The van der Waals surface area contributed by atoms with Crippen LogP contribution in [0.3, 0.4) is 0 Å². The normalized spacial score (nSPS) is 13.6. The maximum atomic E-state index is 14.1. The van der Waals surface area contributed by atoms with Gasteiger partial charge < -0.3 is 4.98 Å². The molecule has 134 valence electrons. The molecule has 0 saturated carbocycles. The monoisotopic (exact) mass is 377 g/mol. The minimum absolute atomic E-state index is 0.265. The third-order valence-corrected chi connectivity index (χ3v) is 4.81. The first-order chi connectivity index (χ1) is 13.2. The Hall–Kier alpha value is -2.90. The van der Waals surface area contributed by atoms with Crippen molar-refractivity contribution in [3.8, 4) is 34.5 Å². The Kier molecular flexibility index (Phi) is 5.04. The van der Waals surface area contributed by atoms with Crippen LogP contribution in [0.25, 0.3) is 22.6 Å². The lowest BCUT2D eigenvalue weighted by atomic mass is 10.00. The number of aromatic nitrogens is 3. The van der Waals surface area contributed by atoms with Crippen LogP contribution < -0.4 is 0 Å². The lowest BCUT2D eigenvalue weighted by Gasteiger charge is -2.05. The minimum atomic E-state index is -0.413. The van der Waals surface area contributed by atoms with E-state index in [4.69, 9.17) is 11.6 Å². The van der Waals surface area contributed by atoms with Gasteiger partial charge in [0.1, 0.15) is 17.3 Å². The maximum absolute atomic E-state index is 14.1. The van der Waals surface area contributed by atoms with Crippen LogP contribution in [0, 0.1) is 17.7 Å². The Bertz CT molecular complexity index is 1030. The molecule has 2 aromatic heterocycles. The van der Waals surface area contributed by atoms with E-state index < -0.39 is 5.82 Å². The number of hydrogen-bond acceptors (Lipinski definition) is 2. The molecule has 0 amide bonds. The molecule has 2 heterocycles. The zero-order valence-corrected chi connectivity index (χ0v) is 15.4. The van der Waals surface area contributed by atoms with Crippen molar-refractivity contribution in [1.29, 1.82) is 0 Å². The van der Waals surface area contributed by atoms with Crippen molar-refractivity contribution >= 4 is 11.6 Å². The second-order valence-electron chi connectivity index (χ2n) is 6.40. The van der Waals surface area contributed by atoms with E-state index in [2.05, 4.69) is 32.9 Å². The van der Waals surface area contributed by atoms with E-state index in [9.17, 15) is 4.39 Å². The number of benzene rings is 1. The number of pyridine rings is 1. The molecule has 0 saturated heterocycles. The Balaban J connectivity index is 1.56. The number of nitrogens with one attached hydrogen (secondary N) is 1. The highest BCUT2D eigenvalue weighted by molar-refractivity contribution is 6.33. The molecule has 3 nitrogen and oxygen atoms in total. The molecule has 1 N–H and O–H groups in total. The van der Waals surface area contributed by atoms with Crippen molar-refractivity contribution < 1.29 is 4.39 Å². The molecule has 1 aliphatic rings. The number of halogens is 2. The SMILES string of the molecule is Fc1cccc(Cl)c1-c1ncc(-c2ccc(C#CC3=CCCCC3)nc2)[nH]1. The minimum Gasteiger partial charge on any atom is -0.338 e. The first-order valence-corrected chi connectivity index (χ1v) is 9.25. The Morgan fingerprint density at radius 1 is 1.04 bits per heavy atom. The molecular formula is C22H17ClFN3. The van der Waals surface area contributed by atoms with E-state index in [1.807, 2.05) is 12.1 Å². The molecule has 0 aliphatic heterocycles. The van der Waals surface area contributed by atoms with Crippen LogP contribution in [0.2, 0.25) is 5.02 Å². The first kappa shape index (κ1) is 17.5. The van der Waals surface area contributed by atoms with Crippen molar-refractivity contribution in [1.82, 2.24) is 15.0 Å². The summed E-state index contributed by atoms with van der Waals surface area (Å²) in [6.07, 6.45) is 10.2. The van der Waals surface area contributed by atoms with Gasteiger partial charge in [0, 0.05) is 11.8 Å². The molecule has 27 heavy (non-hydrogen) atoms. The summed E-state index contributed by atoms with van der Waals surface area (Å²) in [5, 5.41) is 0.316. The van der Waals surface area contributed by atoms with Gasteiger partial charge in [0.25, 0.3) is 0 Å². The quantitative estimate of drug-likeness (QED) is 0.575. The van der Waals surface area contributed by atoms with Gasteiger partial charge in [0.2, 0.25) is 0 Å². The smallest absolute Gasteiger partial charge is 0.142 e. The first-order valence-electron chi connectivity index (χ1n) is 8.87. The number of nitrogens with zero attached hydrogens (tertiary/aromatic N) is 2. The molecule has 4 rings (SSSR count). The topological polar surface area (TPSA) is 41.6 Å². The van der Waals surface area contributed by atoms with Gasteiger partial charge >= 0.3 is 0 Å². The Morgan fingerprint density at radius 3 is 2.70 bits per heavy atom. The molecule has 0 radical (unpaired) electrons. The molecule has 5 heteroatoms. The zero-order chi connectivity index (χ0) is 18.6. The van der Waals surface area contributed by atoms with Crippen LogP contribution in [0.4, 0.5) is 4.39 Å². The predicted octanol–water partition coefficient (Wildman–Crippen LogP) is 5.78. The van der Waals surface area contributed by atoms with Crippen LogP contribution in [0.15, 0.2) is 54.4 Å². The molecule has 1 aliphatic carbocycles. The zero-order valence-electron chi connectivity index (χ0n) is 14.6. The fraction of sp³-hybridized carbons (Fsp3) is 0.182. The molecule has 0 fully saturated rings. The standard InChI is InChI=1S/C22H17ClFN3/c23-18-7-4-8-19(24)21(18)22-26-14-20(27-22)16-10-12-17(25-13-16)11-9-15-5-2-1-3-6-15/h4-5,7-8,10,12-14H,1-3,6H2,(H,26,27). The van der Waals surface area contributed by atoms with E-state index >= 15 is 0 Å². The van der Waals surface area contributed by atoms with Crippen LogP contribution in [-0.4, -0.2) is 15.0 Å². The van der Waals surface area contributed by atoms with Gasteiger partial charge in [-0.3, -0.25) is 0 Å². The van der Waals surface area contributed by atoms with Crippen molar-refractivity contribution in [3.05, 3.63) is 70.9 Å². The summed E-state index contributed by atoms with van der Waals surface area (Å²) in [4.78, 5) is 11.8. The van der Waals surface area contributed by atoms with Crippen LogP contribution >= 0.6 is 11.6 Å². The second-order valence-corrected chi connectivity index (χ2v) is 6.81. The summed E-state index contributed by atoms with van der Waals surface area (Å²) in [5.41, 5.74) is 3.78. The van der Waals surface area contributed by atoms with Gasteiger partial charge in [-0.2, -0.15) is 0 Å². The van der Waals surface area contributed by atoms with Gasteiger partial charge in [-0.05, 0) is 61.4 Å². The fourth-order valence-corrected chi connectivity index (χ4v) is 3.29. The lowest BCUT2D eigenvalue weighted by molar-refractivity contribution is 0.630. The number of H-pyrrole nitrogens is 1. The molecule has 0 bridgehead atoms. The molecule has 0 spiro atoms. The number of rotatable bonds is 2. The summed E-state index contributed by atoms with van der Waals surface area (Å²) < 4.78 is 14.1. The summed E-state index contributed by atoms with van der Waals surface area (Å²) in [6.45, 7) is 0. The third-order valence-electron chi connectivity index (χ3n) is 4.49. The summed E-state index contributed by atoms with van der Waals surface area (Å²) in [5.74, 6) is 6.30. The lowest BCUT2D eigenvalue weighted by Crippen LogP contribution is -1.90. The maximum Gasteiger partial charge on any atom is 0.142 e. The summed E-state index contributed by atoms with van der Waals surface area (Å²) in [7, 11) is 0. The van der Waals surface area contributed by atoms with Crippen LogP contribution in [0.1, 0.15) is 31.4 Å². The Labute approximate surface area is 162 Å². The van der Waals surface area contributed by atoms with Crippen LogP contribution in [-0.2, 0) is 0 Å². The second kappa shape index (κ2) is 7.77. The van der Waals surface area contributed by atoms with E-state index in [1.54, 1.807) is 24.5 Å². The van der Waals surface area contributed by atoms with Crippen molar-refractivity contribution in [2.45, 2.75) is 25.7 Å². The number of aromatic amines is 1. The largest absolute Gasteiger partial charge is 0.338 e. The van der Waals surface area contributed by atoms with E-state index in [0.29, 0.717) is 10.8 Å². The molecular weight excluding hydrogens is 361 g/mol. The Morgan fingerprint density at radius 2 is 1.96 bits per heavy atom. The average molecular weight is 378 g/mol. The molecule has 0 atom stereocenters. The predicted molar refractivity (Wildman–Crippen MR) is 106 cm³/mol. The van der Waals surface area contributed by atoms with Gasteiger partial charge in [-0.1, -0.05) is 29.7 Å². The average Bonchev–Trinajstić information content (AvgIpc) is 3.17. The van der Waals surface area contributed by atoms with Crippen molar-refractivity contribution in [2.24, 2.45) is 0 Å². The summed E-state index contributed by atoms with van der Waals surface area (Å²) >= 11 is 6.11. The van der Waals surface area contributed by atoms with Crippen molar-refractivity contribution in [2.75, 3.05) is 0 Å². The van der Waals surface area contributed by atoms with Gasteiger partial charge in [-0.25, -0.2) is 14.4 Å². The van der Waals surface area contributed by atoms with E-state index in [1.165, 1.54) is 24.5 Å². The van der Waals surface area contributed by atoms with Crippen molar-refractivity contribution in [3.63, 3.8) is 0 Å². The number of allylic oxidation sites excluding steroid dienone is 2. The van der Waals surface area contributed by atoms with Crippen LogP contribution in [0.5, 0.6) is 0 Å². The highest BCUT2D eigenvalue weighted by Gasteiger charge is 2.13. The number of hydrogen-bond donors (Lipinski definition) is 1. The van der Waals surface area contributed by atoms with Gasteiger partial charge in [0.05, 0.1) is 22.5 Å². The third kappa shape index (κ3) is 3.94. The molecule has 1 aromatic carbocycles. The van der Waals surface area contributed by atoms with Gasteiger partial charge in [-0.15, -0.1) is 0 Å².